The van der Waals surface area contributed by atoms with E-state index in [1.165, 1.54) is 18.2 Å². The van der Waals surface area contributed by atoms with E-state index in [2.05, 4.69) is 19.2 Å². The van der Waals surface area contributed by atoms with Crippen LogP contribution in [0.2, 0.25) is 0 Å². The normalized spacial score (nSPS) is 11.6. The maximum Gasteiger partial charge on any atom is 0.270 e. The van der Waals surface area contributed by atoms with Crippen LogP contribution in [0.25, 0.3) is 0 Å². The van der Waals surface area contributed by atoms with Gasteiger partial charge in [-0.3, -0.25) is 4.79 Å². The Labute approximate surface area is 135 Å². The Hall–Kier alpha value is -2.23. The number of nitrogens with one attached hydrogen (secondary N) is 1. The van der Waals surface area contributed by atoms with Crippen molar-refractivity contribution in [2.24, 2.45) is 0 Å². The summed E-state index contributed by atoms with van der Waals surface area (Å²) >= 11 is 0. The highest BCUT2D eigenvalue weighted by atomic mass is 19.3. The molecule has 0 saturated carbocycles. The average molecular weight is 317 g/mol. The number of alkyl halides is 2. The zero-order valence-electron chi connectivity index (χ0n) is 13.8. The summed E-state index contributed by atoms with van der Waals surface area (Å²) in [5.41, 5.74) is 2.99. The Morgan fingerprint density at radius 3 is 2.43 bits per heavy atom. The van der Waals surface area contributed by atoms with Gasteiger partial charge >= 0.3 is 0 Å². The van der Waals surface area contributed by atoms with Crippen LogP contribution in [0.3, 0.4) is 0 Å². The zero-order chi connectivity index (χ0) is 17.2. The van der Waals surface area contributed by atoms with Gasteiger partial charge < -0.3 is 5.32 Å². The van der Waals surface area contributed by atoms with E-state index < -0.39 is 5.92 Å². The molecule has 0 aliphatic carbocycles. The van der Waals surface area contributed by atoms with Crippen molar-refractivity contribution in [1.29, 1.82) is 0 Å². The molecule has 4 heteroatoms. The molecule has 0 radical (unpaired) electrons. The summed E-state index contributed by atoms with van der Waals surface area (Å²) in [6.07, 6.45) is 0. The summed E-state index contributed by atoms with van der Waals surface area (Å²) in [5, 5.41) is 2.68. The van der Waals surface area contributed by atoms with E-state index in [1.807, 2.05) is 19.1 Å². The molecule has 2 rings (SSSR count). The van der Waals surface area contributed by atoms with E-state index in [0.717, 1.165) is 18.1 Å². The number of carbonyl (C=O) groups is 1. The minimum absolute atomic E-state index is 0.123. The molecule has 2 nitrogen and oxygen atoms in total. The molecule has 1 amide bonds. The molecule has 0 unspecified atom stereocenters. The molecule has 0 bridgehead atoms. The number of halogens is 2. The monoisotopic (exact) mass is 317 g/mol. The van der Waals surface area contributed by atoms with Crippen LogP contribution in [0, 0.1) is 6.92 Å². The Balaban J connectivity index is 2.25. The molecular weight excluding hydrogens is 296 g/mol. The van der Waals surface area contributed by atoms with Crippen molar-refractivity contribution in [1.82, 2.24) is 0 Å². The number of hydrogen-bond donors (Lipinski definition) is 1. The Morgan fingerprint density at radius 2 is 1.83 bits per heavy atom. The average Bonchev–Trinajstić information content (AvgIpc) is 2.46. The molecule has 122 valence electrons. The van der Waals surface area contributed by atoms with Gasteiger partial charge in [-0.05, 0) is 48.2 Å². The van der Waals surface area contributed by atoms with Crippen molar-refractivity contribution in [2.75, 3.05) is 5.32 Å². The summed E-state index contributed by atoms with van der Waals surface area (Å²) in [4.78, 5) is 12.4. The largest absolute Gasteiger partial charge is 0.322 e. The minimum atomic E-state index is -2.94. The first-order valence-corrected chi connectivity index (χ1v) is 7.58. The Kier molecular flexibility index (Phi) is 4.83. The molecule has 23 heavy (non-hydrogen) atoms. The third-order valence-corrected chi connectivity index (χ3v) is 3.79. The highest BCUT2D eigenvalue weighted by molar-refractivity contribution is 6.04. The van der Waals surface area contributed by atoms with Crippen molar-refractivity contribution < 1.29 is 13.6 Å². The van der Waals surface area contributed by atoms with Crippen molar-refractivity contribution in [3.8, 4) is 0 Å². The number of anilines is 1. The number of carbonyl (C=O) groups excluding carboxylic acids is 1. The van der Waals surface area contributed by atoms with E-state index in [-0.39, 0.29) is 11.5 Å². The van der Waals surface area contributed by atoms with Gasteiger partial charge in [-0.25, -0.2) is 8.78 Å². The highest BCUT2D eigenvalue weighted by Gasteiger charge is 2.24. The minimum Gasteiger partial charge on any atom is -0.322 e. The second-order valence-electron chi connectivity index (χ2n) is 6.15. The molecule has 0 aliphatic rings. The van der Waals surface area contributed by atoms with Gasteiger partial charge in [0.05, 0.1) is 0 Å². The maximum atomic E-state index is 13.4. The first kappa shape index (κ1) is 17.1. The molecular formula is C19H21F2NO. The van der Waals surface area contributed by atoms with Crippen LogP contribution in [-0.4, -0.2) is 5.91 Å². The fourth-order valence-electron chi connectivity index (χ4n) is 2.48. The van der Waals surface area contributed by atoms with Crippen molar-refractivity contribution in [3.63, 3.8) is 0 Å². The topological polar surface area (TPSA) is 29.1 Å². The van der Waals surface area contributed by atoms with E-state index in [1.54, 1.807) is 12.1 Å². The van der Waals surface area contributed by atoms with Gasteiger partial charge in [0.25, 0.3) is 11.8 Å². The fraction of sp³-hybridized carbons (Fsp3) is 0.316. The SMILES string of the molecule is Cc1ccc(C(=O)Nc2cccc(C(C)(F)F)c2)cc1C(C)C. The standard InChI is InChI=1S/C19H21F2NO/c1-12(2)17-10-14(9-8-13(17)3)18(23)22-16-7-5-6-15(11-16)19(4,20)21/h5-12H,1-4H3,(H,22,23). The lowest BCUT2D eigenvalue weighted by Crippen LogP contribution is -2.14. The van der Waals surface area contributed by atoms with Crippen LogP contribution in [-0.2, 0) is 5.92 Å². The number of rotatable bonds is 4. The molecule has 0 spiro atoms. The smallest absolute Gasteiger partial charge is 0.270 e. The molecule has 0 fully saturated rings. The maximum absolute atomic E-state index is 13.4. The van der Waals surface area contributed by atoms with Gasteiger partial charge in [0.2, 0.25) is 0 Å². The lowest BCUT2D eigenvalue weighted by atomic mass is 9.95. The lowest BCUT2D eigenvalue weighted by Gasteiger charge is -2.14. The third kappa shape index (κ3) is 4.15. The molecule has 2 aromatic rings. The van der Waals surface area contributed by atoms with Crippen LogP contribution >= 0.6 is 0 Å². The molecule has 2 aromatic carbocycles. The van der Waals surface area contributed by atoms with Crippen molar-refractivity contribution in [3.05, 3.63) is 64.7 Å². The quantitative estimate of drug-likeness (QED) is 0.794. The number of hydrogen-bond acceptors (Lipinski definition) is 1. The van der Waals surface area contributed by atoms with Crippen LogP contribution in [0.15, 0.2) is 42.5 Å². The third-order valence-electron chi connectivity index (χ3n) is 3.79. The van der Waals surface area contributed by atoms with Gasteiger partial charge in [-0.2, -0.15) is 0 Å². The van der Waals surface area contributed by atoms with Gasteiger partial charge in [0.15, 0.2) is 0 Å². The summed E-state index contributed by atoms with van der Waals surface area (Å²) in [5.74, 6) is -2.93. The van der Waals surface area contributed by atoms with E-state index in [9.17, 15) is 13.6 Å². The molecule has 0 aliphatic heterocycles. The Bertz CT molecular complexity index is 718. The second-order valence-corrected chi connectivity index (χ2v) is 6.15. The van der Waals surface area contributed by atoms with Crippen LogP contribution in [0.5, 0.6) is 0 Å². The summed E-state index contributed by atoms with van der Waals surface area (Å²) in [6, 6.07) is 11.3. The summed E-state index contributed by atoms with van der Waals surface area (Å²) in [6.45, 7) is 6.97. The highest BCUT2D eigenvalue weighted by Crippen LogP contribution is 2.29. The molecule has 0 saturated heterocycles. The summed E-state index contributed by atoms with van der Waals surface area (Å²) in [7, 11) is 0. The van der Waals surface area contributed by atoms with E-state index >= 15 is 0 Å². The predicted octanol–water partition coefficient (Wildman–Crippen LogP) is 5.48. The first-order chi connectivity index (χ1) is 10.7. The van der Waals surface area contributed by atoms with Gasteiger partial charge in [-0.1, -0.05) is 32.0 Å². The predicted molar refractivity (Wildman–Crippen MR) is 89.2 cm³/mol. The van der Waals surface area contributed by atoms with Crippen LogP contribution < -0.4 is 5.32 Å². The van der Waals surface area contributed by atoms with Crippen molar-refractivity contribution >= 4 is 11.6 Å². The number of aryl methyl sites for hydroxylation is 1. The molecule has 0 heterocycles. The van der Waals surface area contributed by atoms with Crippen LogP contribution in [0.1, 0.15) is 53.7 Å². The zero-order valence-corrected chi connectivity index (χ0v) is 13.8. The molecule has 1 N–H and O–H groups in total. The number of benzene rings is 2. The van der Waals surface area contributed by atoms with E-state index in [4.69, 9.17) is 0 Å². The van der Waals surface area contributed by atoms with Crippen LogP contribution in [0.4, 0.5) is 14.5 Å². The van der Waals surface area contributed by atoms with E-state index in [0.29, 0.717) is 17.2 Å². The lowest BCUT2D eigenvalue weighted by molar-refractivity contribution is 0.0175. The van der Waals surface area contributed by atoms with Gasteiger partial charge in [0, 0.05) is 23.7 Å². The summed E-state index contributed by atoms with van der Waals surface area (Å²) < 4.78 is 26.7. The fourth-order valence-corrected chi connectivity index (χ4v) is 2.48. The molecule has 0 aromatic heterocycles. The van der Waals surface area contributed by atoms with Gasteiger partial charge in [-0.15, -0.1) is 0 Å². The second kappa shape index (κ2) is 6.49. The van der Waals surface area contributed by atoms with Gasteiger partial charge in [0.1, 0.15) is 0 Å². The number of amides is 1. The Morgan fingerprint density at radius 1 is 1.13 bits per heavy atom. The first-order valence-electron chi connectivity index (χ1n) is 7.58. The van der Waals surface area contributed by atoms with Crippen molar-refractivity contribution in [2.45, 2.75) is 39.5 Å². The molecule has 0 atom stereocenters.